The molecule has 0 spiro atoms. The average molecular weight is 293 g/mol. The number of amides is 1. The minimum absolute atomic E-state index is 0.194. The number of carbonyl (C=O) groups is 1. The maximum atomic E-state index is 12.0. The summed E-state index contributed by atoms with van der Waals surface area (Å²) in [6.45, 7) is 11.2. The van der Waals surface area contributed by atoms with Crippen LogP contribution in [0.1, 0.15) is 66.7 Å². The number of rotatable bonds is 1. The van der Waals surface area contributed by atoms with Gasteiger partial charge in [-0.2, -0.15) is 0 Å². The Labute approximate surface area is 130 Å². The smallest absolute Gasteiger partial charge is 0.410 e. The van der Waals surface area contributed by atoms with Crippen LogP contribution in [0.2, 0.25) is 0 Å². The molecule has 0 saturated heterocycles. The zero-order valence-electron chi connectivity index (χ0n) is 14.4. The van der Waals surface area contributed by atoms with E-state index in [2.05, 4.69) is 12.2 Å². The Bertz CT molecular complexity index is 402. The van der Waals surface area contributed by atoms with E-state index in [1.807, 2.05) is 34.6 Å². The van der Waals surface area contributed by atoms with Crippen LogP contribution in [0, 0.1) is 0 Å². The van der Waals surface area contributed by atoms with E-state index in [0.717, 1.165) is 13.0 Å². The van der Waals surface area contributed by atoms with Crippen LogP contribution < -0.4 is 0 Å². The van der Waals surface area contributed by atoms with Gasteiger partial charge < -0.3 is 9.64 Å². The standard InChI is InChI=1S/C16H25NO2.C2H6/c1-16(2,3)19-15(18)17-11-9-14(10-12-17)13-7-5-4-6-8-13;1-2/h7,9H,4-6,8,10-12H2,1-3H3;1-2H3. The van der Waals surface area contributed by atoms with Crippen LogP contribution in [-0.2, 0) is 4.74 Å². The van der Waals surface area contributed by atoms with Crippen molar-refractivity contribution in [1.29, 1.82) is 0 Å². The Morgan fingerprint density at radius 2 is 1.76 bits per heavy atom. The lowest BCUT2D eigenvalue weighted by Crippen LogP contribution is -2.39. The third kappa shape index (κ3) is 5.94. The second-order valence-corrected chi connectivity index (χ2v) is 6.38. The molecule has 0 aromatic carbocycles. The van der Waals surface area contributed by atoms with Crippen LogP contribution in [0.5, 0.6) is 0 Å². The van der Waals surface area contributed by atoms with E-state index < -0.39 is 5.60 Å². The van der Waals surface area contributed by atoms with Crippen LogP contribution in [0.3, 0.4) is 0 Å². The molecule has 0 aromatic rings. The lowest BCUT2D eigenvalue weighted by atomic mass is 9.90. The lowest BCUT2D eigenvalue weighted by molar-refractivity contribution is 0.0266. The Hall–Kier alpha value is -1.25. The van der Waals surface area contributed by atoms with Crippen LogP contribution in [0.25, 0.3) is 0 Å². The quantitative estimate of drug-likeness (QED) is 0.674. The predicted octanol–water partition coefficient (Wildman–Crippen LogP) is 5.08. The summed E-state index contributed by atoms with van der Waals surface area (Å²) in [6.07, 6.45) is 10.4. The summed E-state index contributed by atoms with van der Waals surface area (Å²) in [7, 11) is 0. The summed E-state index contributed by atoms with van der Waals surface area (Å²) in [4.78, 5) is 13.7. The van der Waals surface area contributed by atoms with Crippen molar-refractivity contribution >= 4 is 6.09 Å². The van der Waals surface area contributed by atoms with Gasteiger partial charge >= 0.3 is 6.09 Å². The second kappa shape index (κ2) is 8.26. The fraction of sp³-hybridized carbons (Fsp3) is 0.722. The molecule has 21 heavy (non-hydrogen) atoms. The minimum atomic E-state index is -0.410. The molecule has 0 bridgehead atoms. The number of hydrogen-bond donors (Lipinski definition) is 0. The summed E-state index contributed by atoms with van der Waals surface area (Å²) in [5, 5.41) is 0. The molecule has 0 saturated carbocycles. The Kier molecular flexibility index (Phi) is 7.00. The summed E-state index contributed by atoms with van der Waals surface area (Å²) >= 11 is 0. The fourth-order valence-electron chi connectivity index (χ4n) is 2.58. The highest BCUT2D eigenvalue weighted by Crippen LogP contribution is 2.28. The molecule has 2 aliphatic rings. The van der Waals surface area contributed by atoms with Gasteiger partial charge in [0.2, 0.25) is 0 Å². The first-order valence-corrected chi connectivity index (χ1v) is 8.32. The molecule has 1 amide bonds. The van der Waals surface area contributed by atoms with Gasteiger partial charge in [-0.15, -0.1) is 0 Å². The molecule has 3 heteroatoms. The van der Waals surface area contributed by atoms with Crippen LogP contribution in [0.15, 0.2) is 23.3 Å². The molecule has 2 rings (SSSR count). The van der Waals surface area contributed by atoms with Gasteiger partial charge in [0.05, 0.1) is 0 Å². The highest BCUT2D eigenvalue weighted by atomic mass is 16.6. The lowest BCUT2D eigenvalue weighted by Gasteiger charge is -2.30. The van der Waals surface area contributed by atoms with Gasteiger partial charge in [0.15, 0.2) is 0 Å². The van der Waals surface area contributed by atoms with Crippen molar-refractivity contribution in [3.8, 4) is 0 Å². The Morgan fingerprint density at radius 1 is 1.10 bits per heavy atom. The molecule has 0 unspecified atom stereocenters. The number of ether oxygens (including phenoxy) is 1. The van der Waals surface area contributed by atoms with Crippen molar-refractivity contribution in [2.75, 3.05) is 13.1 Å². The van der Waals surface area contributed by atoms with Gasteiger partial charge in [-0.25, -0.2) is 4.79 Å². The molecule has 0 atom stereocenters. The van der Waals surface area contributed by atoms with Crippen molar-refractivity contribution in [3.05, 3.63) is 23.3 Å². The molecule has 120 valence electrons. The second-order valence-electron chi connectivity index (χ2n) is 6.38. The number of allylic oxidation sites excluding steroid dienone is 2. The predicted molar refractivity (Wildman–Crippen MR) is 88.4 cm³/mol. The largest absolute Gasteiger partial charge is 0.444 e. The highest BCUT2D eigenvalue weighted by Gasteiger charge is 2.24. The zero-order valence-corrected chi connectivity index (χ0v) is 14.4. The van der Waals surface area contributed by atoms with Gasteiger partial charge in [0.1, 0.15) is 5.60 Å². The fourth-order valence-corrected chi connectivity index (χ4v) is 2.58. The molecule has 1 aliphatic carbocycles. The molecule has 3 nitrogen and oxygen atoms in total. The van der Waals surface area contributed by atoms with E-state index in [1.54, 1.807) is 4.90 Å². The SMILES string of the molecule is CC.CC(C)(C)OC(=O)N1CC=C(C2=CCCCC2)CC1. The summed E-state index contributed by atoms with van der Waals surface area (Å²) in [5.41, 5.74) is 2.54. The van der Waals surface area contributed by atoms with E-state index in [4.69, 9.17) is 4.74 Å². The number of carbonyl (C=O) groups excluding carboxylic acids is 1. The summed E-state index contributed by atoms with van der Waals surface area (Å²) in [6, 6.07) is 0. The van der Waals surface area contributed by atoms with Crippen LogP contribution in [0.4, 0.5) is 4.79 Å². The third-order valence-electron chi connectivity index (χ3n) is 3.56. The maximum absolute atomic E-state index is 12.0. The first-order valence-electron chi connectivity index (χ1n) is 8.32. The van der Waals surface area contributed by atoms with E-state index in [9.17, 15) is 4.79 Å². The highest BCUT2D eigenvalue weighted by molar-refractivity contribution is 5.68. The van der Waals surface area contributed by atoms with Gasteiger partial charge in [0.25, 0.3) is 0 Å². The van der Waals surface area contributed by atoms with Gasteiger partial charge in [-0.05, 0) is 64.0 Å². The van der Waals surface area contributed by atoms with Gasteiger partial charge in [-0.1, -0.05) is 26.0 Å². The molecule has 1 heterocycles. The molecule has 0 fully saturated rings. The van der Waals surface area contributed by atoms with Crippen molar-refractivity contribution in [1.82, 2.24) is 4.90 Å². The zero-order chi connectivity index (χ0) is 15.9. The maximum Gasteiger partial charge on any atom is 0.410 e. The minimum Gasteiger partial charge on any atom is -0.444 e. The first-order chi connectivity index (χ1) is 9.96. The molecule has 0 radical (unpaired) electrons. The molecule has 0 aromatic heterocycles. The normalized spacial score (nSPS) is 19.0. The third-order valence-corrected chi connectivity index (χ3v) is 3.56. The van der Waals surface area contributed by atoms with E-state index in [1.165, 1.54) is 36.8 Å². The van der Waals surface area contributed by atoms with Crippen molar-refractivity contribution in [2.45, 2.75) is 72.3 Å². The van der Waals surface area contributed by atoms with Crippen molar-refractivity contribution in [2.24, 2.45) is 0 Å². The van der Waals surface area contributed by atoms with Gasteiger partial charge in [0, 0.05) is 13.1 Å². The van der Waals surface area contributed by atoms with Crippen molar-refractivity contribution < 1.29 is 9.53 Å². The molecular weight excluding hydrogens is 262 g/mol. The van der Waals surface area contributed by atoms with E-state index in [0.29, 0.717) is 6.54 Å². The van der Waals surface area contributed by atoms with E-state index >= 15 is 0 Å². The summed E-state index contributed by atoms with van der Waals surface area (Å²) < 4.78 is 5.40. The van der Waals surface area contributed by atoms with Gasteiger partial charge in [-0.3, -0.25) is 0 Å². The van der Waals surface area contributed by atoms with Crippen LogP contribution in [-0.4, -0.2) is 29.7 Å². The Morgan fingerprint density at radius 3 is 2.24 bits per heavy atom. The van der Waals surface area contributed by atoms with Crippen molar-refractivity contribution in [3.63, 3.8) is 0 Å². The average Bonchev–Trinajstić information content (AvgIpc) is 2.49. The van der Waals surface area contributed by atoms with E-state index in [-0.39, 0.29) is 6.09 Å². The monoisotopic (exact) mass is 293 g/mol. The number of nitrogens with zero attached hydrogens (tertiary/aromatic N) is 1. The molecular formula is C18H31NO2. The topological polar surface area (TPSA) is 29.5 Å². The molecule has 0 N–H and O–H groups in total. The summed E-state index contributed by atoms with van der Waals surface area (Å²) in [5.74, 6) is 0. The molecule has 1 aliphatic heterocycles. The first kappa shape index (κ1) is 17.8. The number of hydrogen-bond acceptors (Lipinski definition) is 2. The Balaban J connectivity index is 0.00000106. The van der Waals surface area contributed by atoms with Crippen LogP contribution >= 0.6 is 0 Å².